The highest BCUT2D eigenvalue weighted by Gasteiger charge is 2.28. The summed E-state index contributed by atoms with van der Waals surface area (Å²) in [5.74, 6) is 1.78. The first-order valence-electron chi connectivity index (χ1n) is 8.43. The zero-order valence-corrected chi connectivity index (χ0v) is 13.2. The van der Waals surface area contributed by atoms with Crippen LogP contribution in [0, 0.1) is 5.92 Å². The third-order valence-corrected chi connectivity index (χ3v) is 5.03. The Kier molecular flexibility index (Phi) is 3.84. The highest BCUT2D eigenvalue weighted by atomic mass is 16.5. The second kappa shape index (κ2) is 5.97. The number of fused-ring (bicyclic) bond motifs is 1. The van der Waals surface area contributed by atoms with E-state index in [1.807, 2.05) is 12.3 Å². The number of hydrogen-bond acceptors (Lipinski definition) is 4. The van der Waals surface area contributed by atoms with E-state index in [-0.39, 0.29) is 0 Å². The molecule has 4 heterocycles. The van der Waals surface area contributed by atoms with Gasteiger partial charge in [0, 0.05) is 25.8 Å². The topological polar surface area (TPSA) is 43.2 Å². The Morgan fingerprint density at radius 1 is 1.32 bits per heavy atom. The fourth-order valence-corrected chi connectivity index (χ4v) is 3.88. The first-order chi connectivity index (χ1) is 10.8. The summed E-state index contributed by atoms with van der Waals surface area (Å²) in [5, 5.41) is 0. The molecule has 2 aromatic rings. The maximum absolute atomic E-state index is 5.65. The molecular formula is C17H24N4O. The van der Waals surface area contributed by atoms with Crippen LogP contribution in [0.25, 0.3) is 11.2 Å². The Bertz CT molecular complexity index is 647. The number of imidazole rings is 1. The van der Waals surface area contributed by atoms with E-state index in [2.05, 4.69) is 27.6 Å². The van der Waals surface area contributed by atoms with Crippen LogP contribution in [0.5, 0.6) is 0 Å². The first kappa shape index (κ1) is 14.2. The molecule has 2 aliphatic rings. The SMILES string of the molecule is CN1CCCC1n1c(CC2CCCOC2)nc2cccnc21. The lowest BCUT2D eigenvalue weighted by atomic mass is 9.98. The molecule has 118 valence electrons. The maximum atomic E-state index is 5.65. The number of hydrogen-bond donors (Lipinski definition) is 0. The number of aromatic nitrogens is 3. The summed E-state index contributed by atoms with van der Waals surface area (Å²) in [6, 6.07) is 4.06. The van der Waals surface area contributed by atoms with Crippen LogP contribution in [0.2, 0.25) is 0 Å². The van der Waals surface area contributed by atoms with Crippen molar-refractivity contribution in [3.05, 3.63) is 24.2 Å². The predicted octanol–water partition coefficient (Wildman–Crippen LogP) is 2.62. The van der Waals surface area contributed by atoms with Crippen LogP contribution >= 0.6 is 0 Å². The lowest BCUT2D eigenvalue weighted by Gasteiger charge is -2.26. The van der Waals surface area contributed by atoms with Crippen LogP contribution in [0.4, 0.5) is 0 Å². The van der Waals surface area contributed by atoms with Gasteiger partial charge in [-0.2, -0.15) is 0 Å². The quantitative estimate of drug-likeness (QED) is 0.874. The maximum Gasteiger partial charge on any atom is 0.161 e. The van der Waals surface area contributed by atoms with E-state index in [0.717, 1.165) is 37.3 Å². The number of likely N-dealkylation sites (tertiary alicyclic amines) is 1. The van der Waals surface area contributed by atoms with Crippen molar-refractivity contribution in [1.82, 2.24) is 19.4 Å². The zero-order valence-electron chi connectivity index (χ0n) is 13.2. The Balaban J connectivity index is 1.72. The van der Waals surface area contributed by atoms with Gasteiger partial charge in [-0.25, -0.2) is 9.97 Å². The second-order valence-corrected chi connectivity index (χ2v) is 6.63. The molecule has 2 fully saturated rings. The number of ether oxygens (including phenoxy) is 1. The fraction of sp³-hybridized carbons (Fsp3) is 0.647. The van der Waals surface area contributed by atoms with Crippen molar-refractivity contribution < 1.29 is 4.74 Å². The van der Waals surface area contributed by atoms with Crippen molar-refractivity contribution in [3.63, 3.8) is 0 Å². The minimum absolute atomic E-state index is 0.402. The van der Waals surface area contributed by atoms with E-state index >= 15 is 0 Å². The summed E-state index contributed by atoms with van der Waals surface area (Å²) in [6.07, 6.45) is 8.14. The van der Waals surface area contributed by atoms with Crippen LogP contribution in [0.1, 0.15) is 37.7 Å². The van der Waals surface area contributed by atoms with E-state index in [1.54, 1.807) is 0 Å². The van der Waals surface area contributed by atoms with Gasteiger partial charge in [-0.3, -0.25) is 9.47 Å². The molecule has 2 saturated heterocycles. The van der Waals surface area contributed by atoms with Crippen molar-refractivity contribution in [3.8, 4) is 0 Å². The Morgan fingerprint density at radius 3 is 3.05 bits per heavy atom. The molecule has 0 N–H and O–H groups in total. The van der Waals surface area contributed by atoms with Crippen LogP contribution in [-0.2, 0) is 11.2 Å². The van der Waals surface area contributed by atoms with Gasteiger partial charge < -0.3 is 4.74 Å². The van der Waals surface area contributed by atoms with E-state index in [0.29, 0.717) is 12.1 Å². The van der Waals surface area contributed by atoms with E-state index in [1.165, 1.54) is 31.5 Å². The van der Waals surface area contributed by atoms with Crippen molar-refractivity contribution in [2.24, 2.45) is 5.92 Å². The summed E-state index contributed by atoms with van der Waals surface area (Å²) in [7, 11) is 2.21. The number of nitrogens with zero attached hydrogens (tertiary/aromatic N) is 4. The summed E-state index contributed by atoms with van der Waals surface area (Å²) in [5.41, 5.74) is 2.06. The summed E-state index contributed by atoms with van der Waals surface area (Å²) < 4.78 is 8.04. The third-order valence-electron chi connectivity index (χ3n) is 5.03. The molecule has 5 heteroatoms. The average Bonchev–Trinajstić information content (AvgIpc) is 3.11. The van der Waals surface area contributed by atoms with Crippen molar-refractivity contribution in [2.45, 2.75) is 38.3 Å². The summed E-state index contributed by atoms with van der Waals surface area (Å²) in [4.78, 5) is 11.9. The molecule has 22 heavy (non-hydrogen) atoms. The molecular weight excluding hydrogens is 276 g/mol. The lowest BCUT2D eigenvalue weighted by molar-refractivity contribution is 0.0535. The van der Waals surface area contributed by atoms with Gasteiger partial charge in [0.25, 0.3) is 0 Å². The van der Waals surface area contributed by atoms with Gasteiger partial charge in [-0.05, 0) is 57.3 Å². The molecule has 2 aliphatic heterocycles. The molecule has 5 nitrogen and oxygen atoms in total. The highest BCUT2D eigenvalue weighted by Crippen LogP contribution is 2.31. The molecule has 0 amide bonds. The average molecular weight is 300 g/mol. The number of pyridine rings is 1. The monoisotopic (exact) mass is 300 g/mol. The van der Waals surface area contributed by atoms with Crippen LogP contribution in [-0.4, -0.2) is 46.2 Å². The highest BCUT2D eigenvalue weighted by molar-refractivity contribution is 5.71. The van der Waals surface area contributed by atoms with Gasteiger partial charge in [0.2, 0.25) is 0 Å². The van der Waals surface area contributed by atoms with E-state index < -0.39 is 0 Å². The molecule has 2 atom stereocenters. The van der Waals surface area contributed by atoms with Gasteiger partial charge in [0.1, 0.15) is 11.3 Å². The largest absolute Gasteiger partial charge is 0.381 e. The Morgan fingerprint density at radius 2 is 2.27 bits per heavy atom. The number of rotatable bonds is 3. The van der Waals surface area contributed by atoms with Gasteiger partial charge in [0.15, 0.2) is 5.65 Å². The molecule has 0 aromatic carbocycles. The smallest absolute Gasteiger partial charge is 0.161 e. The van der Waals surface area contributed by atoms with Crippen LogP contribution in [0.15, 0.2) is 18.3 Å². The molecule has 0 saturated carbocycles. The molecule has 2 unspecified atom stereocenters. The van der Waals surface area contributed by atoms with E-state index in [9.17, 15) is 0 Å². The molecule has 0 bridgehead atoms. The molecule has 0 spiro atoms. The van der Waals surface area contributed by atoms with E-state index in [4.69, 9.17) is 9.72 Å². The molecule has 0 aliphatic carbocycles. The first-order valence-corrected chi connectivity index (χ1v) is 8.43. The third kappa shape index (κ3) is 2.52. The second-order valence-electron chi connectivity index (χ2n) is 6.63. The van der Waals surface area contributed by atoms with Gasteiger partial charge in [-0.1, -0.05) is 0 Å². The standard InChI is InChI=1S/C17H24N4O/c1-20-9-3-7-16(20)21-15(11-13-5-4-10-22-12-13)19-14-6-2-8-18-17(14)21/h2,6,8,13,16H,3-5,7,9-12H2,1H3. The lowest BCUT2D eigenvalue weighted by Crippen LogP contribution is -2.27. The van der Waals surface area contributed by atoms with Gasteiger partial charge in [-0.15, -0.1) is 0 Å². The van der Waals surface area contributed by atoms with Crippen LogP contribution < -0.4 is 0 Å². The minimum atomic E-state index is 0.402. The predicted molar refractivity (Wildman–Crippen MR) is 85.7 cm³/mol. The summed E-state index contributed by atoms with van der Waals surface area (Å²) >= 11 is 0. The zero-order chi connectivity index (χ0) is 14.9. The fourth-order valence-electron chi connectivity index (χ4n) is 3.88. The normalized spacial score (nSPS) is 26.8. The molecule has 2 aromatic heterocycles. The van der Waals surface area contributed by atoms with Gasteiger partial charge in [0.05, 0.1) is 6.17 Å². The minimum Gasteiger partial charge on any atom is -0.381 e. The van der Waals surface area contributed by atoms with Crippen molar-refractivity contribution in [1.29, 1.82) is 0 Å². The van der Waals surface area contributed by atoms with Crippen LogP contribution in [0.3, 0.4) is 0 Å². The molecule has 0 radical (unpaired) electrons. The van der Waals surface area contributed by atoms with Crippen molar-refractivity contribution >= 4 is 11.2 Å². The Hall–Kier alpha value is -1.46. The molecule has 4 rings (SSSR count). The van der Waals surface area contributed by atoms with Gasteiger partial charge >= 0.3 is 0 Å². The summed E-state index contributed by atoms with van der Waals surface area (Å²) in [6.45, 7) is 2.94. The van der Waals surface area contributed by atoms with Crippen molar-refractivity contribution in [2.75, 3.05) is 26.8 Å². The Labute approximate surface area is 131 Å².